The van der Waals surface area contributed by atoms with Gasteiger partial charge in [-0.15, -0.1) is 6.58 Å². The summed E-state index contributed by atoms with van der Waals surface area (Å²) >= 11 is 0. The summed E-state index contributed by atoms with van der Waals surface area (Å²) in [4.78, 5) is 59.9. The first-order valence-electron chi connectivity index (χ1n) is 16.8. The average molecular weight is 770 g/mol. The average Bonchev–Trinajstić information content (AvgIpc) is 4.02. The number of alkyl halides is 3. The zero-order valence-corrected chi connectivity index (χ0v) is 30.5. The van der Waals surface area contributed by atoms with E-state index in [1.54, 1.807) is 24.3 Å². The molecule has 2 saturated carbocycles. The lowest BCUT2D eigenvalue weighted by Gasteiger charge is -2.33. The second-order valence-electron chi connectivity index (χ2n) is 13.8. The largest absolute Gasteiger partial charge is 0.497 e. The Kier molecular flexibility index (Phi) is 10.9. The second-order valence-corrected chi connectivity index (χ2v) is 15.8. The normalized spacial score (nSPS) is 24.1. The van der Waals surface area contributed by atoms with Crippen LogP contribution < -0.4 is 24.8 Å². The number of nitrogens with one attached hydrogen (secondary N) is 3. The van der Waals surface area contributed by atoms with Crippen LogP contribution in [0.3, 0.4) is 0 Å². The van der Waals surface area contributed by atoms with Crippen molar-refractivity contribution in [2.45, 2.75) is 93.3 Å². The van der Waals surface area contributed by atoms with Crippen molar-refractivity contribution in [1.82, 2.24) is 25.2 Å². The Balaban J connectivity index is 1.44. The minimum Gasteiger partial charge on any atom is -0.497 e. The van der Waals surface area contributed by atoms with Gasteiger partial charge in [0.15, 0.2) is 0 Å². The summed E-state index contributed by atoms with van der Waals surface area (Å²) < 4.78 is 89.3. The predicted molar refractivity (Wildman–Crippen MR) is 182 cm³/mol. The summed E-state index contributed by atoms with van der Waals surface area (Å²) in [5.41, 5.74) is -4.60. The quantitative estimate of drug-likeness (QED) is 0.240. The van der Waals surface area contributed by atoms with Crippen LogP contribution in [0.5, 0.6) is 11.6 Å². The highest BCUT2D eigenvalue weighted by atomic mass is 32.2. The van der Waals surface area contributed by atoms with Crippen molar-refractivity contribution in [2.24, 2.45) is 5.92 Å². The molecule has 6 atom stereocenters. The van der Waals surface area contributed by atoms with Crippen LogP contribution in [0.2, 0.25) is 0 Å². The van der Waals surface area contributed by atoms with Crippen LogP contribution in [0.25, 0.3) is 10.8 Å². The van der Waals surface area contributed by atoms with E-state index < -0.39 is 86.6 Å². The smallest absolute Gasteiger partial charge is 0.427 e. The van der Waals surface area contributed by atoms with E-state index in [9.17, 15) is 40.8 Å². The van der Waals surface area contributed by atoms with Gasteiger partial charge in [0.25, 0.3) is 5.91 Å². The SMILES string of the molecule is C=C[C@H]1C[C@@]1(NC(=O)[C@H]1C[C@@H](Oc2nccc3cc(OC)ccc23)CN1C(=O)[C@@H](NC(=O)OC(C)(C)C(F)(F)F)[C@H](C)OC)C(=O)NS(=O)(=O)C1CC1. The number of aromatic nitrogens is 1. The van der Waals surface area contributed by atoms with Crippen molar-refractivity contribution < 1.29 is 59.7 Å². The number of amides is 4. The maximum absolute atomic E-state index is 14.3. The van der Waals surface area contributed by atoms with E-state index in [0.717, 1.165) is 4.90 Å². The number of ether oxygens (including phenoxy) is 4. The van der Waals surface area contributed by atoms with E-state index in [2.05, 4.69) is 31.7 Å². The van der Waals surface area contributed by atoms with Crippen molar-refractivity contribution in [2.75, 3.05) is 20.8 Å². The van der Waals surface area contributed by atoms with E-state index >= 15 is 0 Å². The van der Waals surface area contributed by atoms with Gasteiger partial charge in [0.1, 0.15) is 29.5 Å². The van der Waals surface area contributed by atoms with Gasteiger partial charge in [-0.3, -0.25) is 19.1 Å². The highest BCUT2D eigenvalue weighted by Gasteiger charge is 2.62. The molecule has 1 saturated heterocycles. The standard InChI is InChI=1S/C34H42F3N5O10S/c1-7-20-16-33(20,30(45)41-53(47,48)23-9-10-23)40-27(43)25-15-22(51-28-24-11-8-21(50-6)14-19(24)12-13-38-28)17-42(25)29(44)26(18(2)49-5)39-31(46)52-32(3,4)34(35,36)37/h7-8,11-14,18,20,22-23,25-26H,1,9-10,15-17H2,2-6H3,(H,39,46)(H,40,43)(H,41,45)/t18-,20-,22+,25+,26-,33-/m0/s1. The number of rotatable bonds is 14. The molecule has 5 rings (SSSR count). The molecule has 0 spiro atoms. The minimum atomic E-state index is -4.94. The molecule has 3 aliphatic rings. The van der Waals surface area contributed by atoms with Crippen LogP contribution in [0.15, 0.2) is 43.1 Å². The molecule has 1 aliphatic heterocycles. The fourth-order valence-electron chi connectivity index (χ4n) is 6.04. The lowest BCUT2D eigenvalue weighted by Crippen LogP contribution is -2.60. The zero-order valence-electron chi connectivity index (χ0n) is 29.7. The molecule has 0 radical (unpaired) electrons. The number of fused-ring (bicyclic) bond motifs is 1. The fraction of sp³-hybridized carbons (Fsp3) is 0.559. The third-order valence-electron chi connectivity index (χ3n) is 9.72. The number of pyridine rings is 1. The van der Waals surface area contributed by atoms with E-state index in [1.807, 2.05) is 0 Å². The number of carbonyl (C=O) groups is 4. The summed E-state index contributed by atoms with van der Waals surface area (Å²) in [5.74, 6) is -2.64. The molecule has 4 amide bonds. The molecule has 1 aromatic heterocycles. The molecule has 0 bridgehead atoms. The predicted octanol–water partition coefficient (Wildman–Crippen LogP) is 2.73. The van der Waals surface area contributed by atoms with Gasteiger partial charge >= 0.3 is 12.3 Å². The third kappa shape index (κ3) is 8.30. The van der Waals surface area contributed by atoms with Gasteiger partial charge in [-0.25, -0.2) is 18.2 Å². The number of likely N-dealkylation sites (tertiary alicyclic amines) is 1. The molecule has 19 heteroatoms. The Bertz CT molecular complexity index is 1890. The summed E-state index contributed by atoms with van der Waals surface area (Å²) in [6.07, 6.45) is -5.00. The topological polar surface area (TPSA) is 192 Å². The highest BCUT2D eigenvalue weighted by molar-refractivity contribution is 7.91. The van der Waals surface area contributed by atoms with Crippen molar-refractivity contribution in [3.05, 3.63) is 43.1 Å². The number of methoxy groups -OCH3 is 2. The lowest BCUT2D eigenvalue weighted by molar-refractivity contribution is -0.244. The van der Waals surface area contributed by atoms with Gasteiger partial charge in [-0.05, 0) is 69.7 Å². The summed E-state index contributed by atoms with van der Waals surface area (Å²) in [6.45, 7) is 6.07. The molecular formula is C34H42F3N5O10S. The lowest BCUT2D eigenvalue weighted by atomic mass is 10.1. The van der Waals surface area contributed by atoms with Crippen molar-refractivity contribution in [3.63, 3.8) is 0 Å². The van der Waals surface area contributed by atoms with E-state index in [0.29, 0.717) is 43.2 Å². The Hall–Kier alpha value is -4.65. The van der Waals surface area contributed by atoms with E-state index in [4.69, 9.17) is 14.2 Å². The van der Waals surface area contributed by atoms with Crippen LogP contribution in [-0.2, 0) is 33.9 Å². The summed E-state index contributed by atoms with van der Waals surface area (Å²) in [5, 5.41) is 5.37. The van der Waals surface area contributed by atoms with Crippen LogP contribution >= 0.6 is 0 Å². The first-order chi connectivity index (χ1) is 24.8. The first kappa shape index (κ1) is 39.6. The molecule has 2 aliphatic carbocycles. The third-order valence-corrected chi connectivity index (χ3v) is 11.5. The van der Waals surface area contributed by atoms with Crippen LogP contribution in [0.1, 0.15) is 46.5 Å². The monoisotopic (exact) mass is 769 g/mol. The molecule has 15 nitrogen and oxygen atoms in total. The molecule has 2 aromatic rings. The first-order valence-corrected chi connectivity index (χ1v) is 18.3. The number of hydrogen-bond donors (Lipinski definition) is 3. The number of benzene rings is 1. The number of alkyl carbamates (subject to hydrolysis) is 1. The van der Waals surface area contributed by atoms with Gasteiger partial charge in [0.2, 0.25) is 33.3 Å². The maximum atomic E-state index is 14.3. The number of halogens is 3. The second kappa shape index (κ2) is 14.6. The Morgan fingerprint density at radius 2 is 1.83 bits per heavy atom. The molecule has 1 aromatic carbocycles. The van der Waals surface area contributed by atoms with Gasteiger partial charge in [-0.2, -0.15) is 13.2 Å². The molecule has 3 fully saturated rings. The van der Waals surface area contributed by atoms with Crippen molar-refractivity contribution in [3.8, 4) is 11.6 Å². The van der Waals surface area contributed by atoms with Gasteiger partial charge in [0.05, 0.1) is 25.0 Å². The number of hydrogen-bond acceptors (Lipinski definition) is 11. The van der Waals surface area contributed by atoms with Crippen LogP contribution in [-0.4, -0.2) is 110 Å². The Morgan fingerprint density at radius 3 is 2.42 bits per heavy atom. The van der Waals surface area contributed by atoms with Gasteiger partial charge in [-0.1, -0.05) is 6.08 Å². The Morgan fingerprint density at radius 1 is 1.13 bits per heavy atom. The fourth-order valence-corrected chi connectivity index (χ4v) is 7.41. The zero-order chi connectivity index (χ0) is 39.1. The van der Waals surface area contributed by atoms with Gasteiger partial charge < -0.3 is 34.5 Å². The number of sulfonamides is 1. The minimum absolute atomic E-state index is 0.0317. The molecule has 0 unspecified atom stereocenters. The molecule has 53 heavy (non-hydrogen) atoms. The molecule has 290 valence electrons. The van der Waals surface area contributed by atoms with Crippen molar-refractivity contribution in [1.29, 1.82) is 0 Å². The number of carbonyl (C=O) groups excluding carboxylic acids is 4. The van der Waals surface area contributed by atoms with E-state index in [1.165, 1.54) is 33.4 Å². The highest BCUT2D eigenvalue weighted by Crippen LogP contribution is 2.45. The molecule has 2 heterocycles. The molecular weight excluding hydrogens is 727 g/mol. The van der Waals surface area contributed by atoms with E-state index in [-0.39, 0.29) is 25.3 Å². The van der Waals surface area contributed by atoms with Gasteiger partial charge in [0, 0.05) is 31.0 Å². The van der Waals surface area contributed by atoms with Crippen molar-refractivity contribution >= 4 is 44.6 Å². The summed E-state index contributed by atoms with van der Waals surface area (Å²) in [7, 11) is -1.27. The Labute approximate surface area is 304 Å². The van der Waals surface area contributed by atoms with Crippen LogP contribution in [0.4, 0.5) is 18.0 Å². The molecule has 3 N–H and O–H groups in total. The van der Waals surface area contributed by atoms with Crippen LogP contribution in [0, 0.1) is 5.92 Å². The number of nitrogens with zero attached hydrogens (tertiary/aromatic N) is 2. The maximum Gasteiger partial charge on any atom is 0.427 e. The summed E-state index contributed by atoms with van der Waals surface area (Å²) in [6, 6.07) is 3.86.